The van der Waals surface area contributed by atoms with Crippen molar-refractivity contribution >= 4 is 70.9 Å². The van der Waals surface area contributed by atoms with E-state index in [0.29, 0.717) is 8.94 Å². The van der Waals surface area contributed by atoms with E-state index in [0.717, 1.165) is 11.4 Å². The third-order valence-corrected chi connectivity index (χ3v) is 15.9. The molecule has 0 bridgehead atoms. The summed E-state index contributed by atoms with van der Waals surface area (Å²) in [6.07, 6.45) is 0. The first kappa shape index (κ1) is 20.9. The van der Waals surface area contributed by atoms with Crippen molar-refractivity contribution in [2.24, 2.45) is 0 Å². The Kier molecular flexibility index (Phi) is 7.98. The molecule has 0 heterocycles. The summed E-state index contributed by atoms with van der Waals surface area (Å²) in [4.78, 5) is 28.6. The van der Waals surface area contributed by atoms with Gasteiger partial charge in [0.15, 0.2) is 0 Å². The third kappa shape index (κ3) is 6.38. The number of amides is 2. The van der Waals surface area contributed by atoms with Crippen molar-refractivity contribution in [3.8, 4) is 0 Å². The van der Waals surface area contributed by atoms with Crippen molar-refractivity contribution in [3.05, 3.63) is 60.7 Å². The normalized spacial score (nSPS) is 11.7. The second kappa shape index (κ2) is 9.53. The van der Waals surface area contributed by atoms with Gasteiger partial charge in [0, 0.05) is 0 Å². The summed E-state index contributed by atoms with van der Waals surface area (Å²) in [6.45, 7) is 0. The molecule has 0 aromatic heterocycles. The van der Waals surface area contributed by atoms with Crippen LogP contribution in [0.15, 0.2) is 60.7 Å². The molecular weight excluding hydrogens is 658 g/mol. The van der Waals surface area contributed by atoms with Crippen LogP contribution >= 0.6 is 37.4 Å². The van der Waals surface area contributed by atoms with Gasteiger partial charge in [0.05, 0.1) is 0 Å². The third-order valence-electron chi connectivity index (χ3n) is 3.70. The number of benzene rings is 2. The summed E-state index contributed by atoms with van der Waals surface area (Å²) in [5, 5.41) is 0. The minimum atomic E-state index is -2.65. The van der Waals surface area contributed by atoms with E-state index in [-0.39, 0.29) is 11.8 Å². The first-order valence-electron chi connectivity index (χ1n) is 7.61. The van der Waals surface area contributed by atoms with Crippen LogP contribution in [-0.2, 0) is 9.59 Å². The predicted molar refractivity (Wildman–Crippen MR) is 123 cm³/mol. The molecule has 25 heavy (non-hydrogen) atoms. The van der Waals surface area contributed by atoms with E-state index in [1.807, 2.05) is 60.7 Å². The van der Waals surface area contributed by atoms with Crippen LogP contribution in [0.2, 0.25) is 8.94 Å². The molecule has 0 saturated heterocycles. The first-order chi connectivity index (χ1) is 11.8. The number of hydrogen-bond acceptors (Lipinski definition) is 2. The summed E-state index contributed by atoms with van der Waals surface area (Å²) in [5.41, 5.74) is 1.76. The van der Waals surface area contributed by atoms with Crippen LogP contribution < -0.4 is 9.80 Å². The molecule has 4 nitrogen and oxygen atoms in total. The second-order valence-electron chi connectivity index (χ2n) is 5.56. The van der Waals surface area contributed by atoms with Crippen LogP contribution in [0.4, 0.5) is 11.4 Å². The van der Waals surface area contributed by atoms with Gasteiger partial charge in [-0.1, -0.05) is 0 Å². The molecule has 0 radical (unpaired) electrons. The van der Waals surface area contributed by atoms with E-state index in [1.54, 1.807) is 23.9 Å². The van der Waals surface area contributed by atoms with Crippen LogP contribution in [-0.4, -0.2) is 36.2 Å². The summed E-state index contributed by atoms with van der Waals surface area (Å²) in [6, 6.07) is 19.2. The Morgan fingerprint density at radius 3 is 1.40 bits per heavy atom. The van der Waals surface area contributed by atoms with Crippen molar-refractivity contribution in [1.29, 1.82) is 0 Å². The van der Waals surface area contributed by atoms with Gasteiger partial charge in [-0.05, 0) is 0 Å². The number of nitrogens with zero attached hydrogens (tertiary/aromatic N) is 2. The molecule has 0 N–H and O–H groups in total. The van der Waals surface area contributed by atoms with Gasteiger partial charge in [-0.15, -0.1) is 0 Å². The predicted octanol–water partition coefficient (Wildman–Crippen LogP) is 4.62. The average Bonchev–Trinajstić information content (AvgIpc) is 2.61. The van der Waals surface area contributed by atoms with E-state index >= 15 is 0 Å². The number of hydrogen-bond donors (Lipinski definition) is 0. The Balaban J connectivity index is 1.99. The van der Waals surface area contributed by atoms with Crippen LogP contribution in [0.3, 0.4) is 0 Å². The van der Waals surface area contributed by atoms with Crippen molar-refractivity contribution in [1.82, 2.24) is 0 Å². The maximum absolute atomic E-state index is 12.6. The van der Waals surface area contributed by atoms with E-state index < -0.39 is 10.3 Å². The SMILES string of the molecule is CN(C(=O)C[Te](I)(I)CC(=O)N(C)c1ccccc1)c1ccccc1. The molecule has 0 aliphatic rings. The molecule has 2 rings (SSSR count). The van der Waals surface area contributed by atoms with Crippen molar-refractivity contribution in [3.63, 3.8) is 0 Å². The molecule has 134 valence electrons. The molecule has 0 unspecified atom stereocenters. The Morgan fingerprint density at radius 2 is 1.08 bits per heavy atom. The summed E-state index contributed by atoms with van der Waals surface area (Å²) >= 11 is 4.79. The number of para-hydroxylation sites is 2. The van der Waals surface area contributed by atoms with E-state index in [9.17, 15) is 9.59 Å². The molecule has 0 aliphatic heterocycles. The Labute approximate surface area is 172 Å². The Hall–Kier alpha value is -0.370. The molecule has 0 aliphatic carbocycles. The molecule has 2 aromatic rings. The Morgan fingerprint density at radius 1 is 0.760 bits per heavy atom. The van der Waals surface area contributed by atoms with Gasteiger partial charge in [-0.3, -0.25) is 0 Å². The van der Waals surface area contributed by atoms with Crippen LogP contribution in [0.1, 0.15) is 0 Å². The van der Waals surface area contributed by atoms with E-state index in [4.69, 9.17) is 0 Å². The molecule has 0 spiro atoms. The summed E-state index contributed by atoms with van der Waals surface area (Å²) < 4.78 is 0.951. The number of anilines is 2. The van der Waals surface area contributed by atoms with Gasteiger partial charge in [0.2, 0.25) is 0 Å². The van der Waals surface area contributed by atoms with Crippen molar-refractivity contribution in [2.75, 3.05) is 23.9 Å². The van der Waals surface area contributed by atoms with Gasteiger partial charge in [0.25, 0.3) is 0 Å². The zero-order valence-electron chi connectivity index (χ0n) is 14.1. The molecular formula is C18H20I2N2O2Te. The molecule has 7 heteroatoms. The quantitative estimate of drug-likeness (QED) is 0.331. The van der Waals surface area contributed by atoms with Gasteiger partial charge < -0.3 is 0 Å². The van der Waals surface area contributed by atoms with Gasteiger partial charge in [0.1, 0.15) is 0 Å². The van der Waals surface area contributed by atoms with E-state index in [2.05, 4.69) is 37.4 Å². The molecule has 0 saturated carbocycles. The van der Waals surface area contributed by atoms with Gasteiger partial charge in [-0.25, -0.2) is 0 Å². The fourth-order valence-electron chi connectivity index (χ4n) is 2.20. The zero-order chi connectivity index (χ0) is 18.4. The van der Waals surface area contributed by atoms with Gasteiger partial charge in [-0.2, -0.15) is 0 Å². The second-order valence-corrected chi connectivity index (χ2v) is 45.1. The van der Waals surface area contributed by atoms with Crippen molar-refractivity contribution in [2.45, 2.75) is 8.94 Å². The molecule has 2 amide bonds. The Bertz CT molecular complexity index is 665. The summed E-state index contributed by atoms with van der Waals surface area (Å²) in [7, 11) is 0.939. The zero-order valence-corrected chi connectivity index (χ0v) is 20.7. The summed E-state index contributed by atoms with van der Waals surface area (Å²) in [5.74, 6) is 0.151. The maximum atomic E-state index is 12.6. The number of carbonyl (C=O) groups excluding carboxylic acids is 2. The topological polar surface area (TPSA) is 40.6 Å². The van der Waals surface area contributed by atoms with Crippen LogP contribution in [0, 0.1) is 0 Å². The number of carbonyl (C=O) groups is 2. The van der Waals surface area contributed by atoms with Crippen LogP contribution in [0.5, 0.6) is 0 Å². The fraction of sp³-hybridized carbons (Fsp3) is 0.222. The monoisotopic (exact) mass is 680 g/mol. The average molecular weight is 678 g/mol. The van der Waals surface area contributed by atoms with Crippen LogP contribution in [0.25, 0.3) is 0 Å². The molecule has 2 aromatic carbocycles. The standard InChI is InChI=1S/C18H20I2N2O2Te/c1-21(15-9-5-3-6-10-15)17(23)13-25(19,20)14-18(24)22(2)16-11-7-4-8-12-16/h3-12H,13-14H2,1-2H3. The van der Waals surface area contributed by atoms with E-state index in [1.165, 1.54) is 0 Å². The minimum absolute atomic E-state index is 0.0753. The number of rotatable bonds is 6. The van der Waals surface area contributed by atoms with Crippen molar-refractivity contribution < 1.29 is 9.59 Å². The molecule has 0 atom stereocenters. The molecule has 0 fully saturated rings. The first-order valence-corrected chi connectivity index (χ1v) is 24.5. The van der Waals surface area contributed by atoms with Gasteiger partial charge >= 0.3 is 174 Å². The fourth-order valence-corrected chi connectivity index (χ4v) is 12.8. The number of halogens is 2.